The Labute approximate surface area is 360 Å². The summed E-state index contributed by atoms with van der Waals surface area (Å²) in [6, 6.07) is 0. The second-order valence-electron chi connectivity index (χ2n) is 19.7. The van der Waals surface area contributed by atoms with Gasteiger partial charge in [-0.25, -0.2) is 0 Å². The largest absolute Gasteiger partial charge is 0.459 e. The first kappa shape index (κ1) is 44.4. The molecule has 9 heterocycles. The van der Waals surface area contributed by atoms with E-state index in [0.717, 1.165) is 30.4 Å². The van der Waals surface area contributed by atoms with E-state index in [0.29, 0.717) is 51.4 Å². The van der Waals surface area contributed by atoms with Crippen LogP contribution in [0.2, 0.25) is 0 Å². The molecule has 5 unspecified atom stereocenters. The molecule has 9 saturated heterocycles. The molecule has 9 fully saturated rings. The minimum absolute atomic E-state index is 0.0115. The highest BCUT2D eigenvalue weighted by molar-refractivity contribution is 5.70. The van der Waals surface area contributed by atoms with Crippen molar-refractivity contribution >= 4 is 5.97 Å². The van der Waals surface area contributed by atoms with Gasteiger partial charge in [0.2, 0.25) is 0 Å². The van der Waals surface area contributed by atoms with Gasteiger partial charge in [-0.2, -0.15) is 0 Å². The summed E-state index contributed by atoms with van der Waals surface area (Å²) < 4.78 is 73.1. The standard InChI is InChI=1S/C47H70O14/c1-8-17-52-47-23-46(50)15-13-31-19-25(3)32(53-31)11-9-29-18-24(2)26(4)35(54-29)21-37-41(27(5)40-38(56-37)22-36(51-7)33(57-40)14-16-48)59-39(49)20-30-10-12-34-43(55-30)45(60-46)44(61-47)42(58-34)28(47)6/h8,24,27-38,40-45,48,50H,1,3-4,9-23H2,2,5-7H3/t24-,27+,28+,29+,30?,31+,32?,33-,34+,35?,36-,37+,38+,40+,41-,42?,43+,44-,45+,46+,47?/m1/s1. The van der Waals surface area contributed by atoms with E-state index >= 15 is 0 Å². The van der Waals surface area contributed by atoms with Gasteiger partial charge in [0.25, 0.3) is 0 Å². The maximum absolute atomic E-state index is 14.2. The average molecular weight is 859 g/mol. The molecule has 21 atom stereocenters. The molecule has 14 nitrogen and oxygen atoms in total. The molecule has 342 valence electrons. The van der Waals surface area contributed by atoms with Crippen LogP contribution in [0.5, 0.6) is 0 Å². The first-order valence-electron chi connectivity index (χ1n) is 23.3. The SMILES string of the molecule is C=CCOC12C[C@]3(O)CC[C@H]4CC(=C)C(CC[C@H]5C[C@@H](C)C(=C)C(C[C@@H]6O[C@H]7C[C@@H](OC)[C@@H](CCO)O[C@H]7[C@H](C)[C@H]6OC(=O)CC6CC[C@@H]7OC([C@@H](O1)[C@@H](O3)[C@H]7O6)[C@@H]2C)O5)O4. The minimum Gasteiger partial charge on any atom is -0.459 e. The number of hydrogen-bond acceptors (Lipinski definition) is 14. The first-order chi connectivity index (χ1) is 29.3. The van der Waals surface area contributed by atoms with Crippen LogP contribution in [0.25, 0.3) is 0 Å². The fourth-order valence-corrected chi connectivity index (χ4v) is 12.3. The fraction of sp³-hybridized carbons (Fsp3) is 0.851. The molecule has 0 aromatic carbocycles. The van der Waals surface area contributed by atoms with Crippen molar-refractivity contribution in [1.29, 1.82) is 0 Å². The van der Waals surface area contributed by atoms with Gasteiger partial charge < -0.3 is 62.3 Å². The van der Waals surface area contributed by atoms with Gasteiger partial charge in [0.1, 0.15) is 24.4 Å². The zero-order chi connectivity index (χ0) is 42.8. The fourth-order valence-electron chi connectivity index (χ4n) is 12.3. The number of aliphatic hydroxyl groups excluding tert-OH is 1. The summed E-state index contributed by atoms with van der Waals surface area (Å²) >= 11 is 0. The van der Waals surface area contributed by atoms with Crippen molar-refractivity contribution in [2.24, 2.45) is 17.8 Å². The van der Waals surface area contributed by atoms with Gasteiger partial charge in [-0.15, -0.1) is 6.58 Å². The molecule has 0 spiro atoms. The van der Waals surface area contributed by atoms with Crippen LogP contribution in [0.1, 0.15) is 104 Å². The summed E-state index contributed by atoms with van der Waals surface area (Å²) in [6.07, 6.45) is 2.46. The van der Waals surface area contributed by atoms with Gasteiger partial charge in [0.15, 0.2) is 11.6 Å². The number of hydrogen-bond donors (Lipinski definition) is 2. The summed E-state index contributed by atoms with van der Waals surface area (Å²) in [6.45, 7) is 19.3. The lowest BCUT2D eigenvalue weighted by molar-refractivity contribution is -0.323. The molecule has 0 radical (unpaired) electrons. The predicted molar refractivity (Wildman–Crippen MR) is 219 cm³/mol. The van der Waals surface area contributed by atoms with E-state index in [1.54, 1.807) is 13.2 Å². The normalized spacial score (nSPS) is 51.4. The monoisotopic (exact) mass is 858 g/mol. The van der Waals surface area contributed by atoms with Crippen LogP contribution >= 0.6 is 0 Å². The molecule has 61 heavy (non-hydrogen) atoms. The smallest absolute Gasteiger partial charge is 0.308 e. The van der Waals surface area contributed by atoms with Crippen LogP contribution in [0.4, 0.5) is 0 Å². The second-order valence-corrected chi connectivity index (χ2v) is 19.7. The highest BCUT2D eigenvalue weighted by Gasteiger charge is 2.68. The van der Waals surface area contributed by atoms with Gasteiger partial charge in [-0.1, -0.05) is 40.0 Å². The Morgan fingerprint density at radius 3 is 2.31 bits per heavy atom. The minimum atomic E-state index is -1.62. The van der Waals surface area contributed by atoms with Crippen molar-refractivity contribution in [2.45, 2.75) is 213 Å². The molecular weight excluding hydrogens is 789 g/mol. The third kappa shape index (κ3) is 8.60. The summed E-state index contributed by atoms with van der Waals surface area (Å²) in [4.78, 5) is 14.2. The van der Waals surface area contributed by atoms with Crippen molar-refractivity contribution in [1.82, 2.24) is 0 Å². The Morgan fingerprint density at radius 1 is 0.770 bits per heavy atom. The summed E-state index contributed by atoms with van der Waals surface area (Å²) in [7, 11) is 1.66. The number of ether oxygens (including phenoxy) is 11. The van der Waals surface area contributed by atoms with E-state index in [9.17, 15) is 15.0 Å². The lowest BCUT2D eigenvalue weighted by Crippen LogP contribution is -2.64. The molecule has 0 aromatic rings. The number of esters is 1. The van der Waals surface area contributed by atoms with Gasteiger partial charge in [0, 0.05) is 44.8 Å². The van der Waals surface area contributed by atoms with Gasteiger partial charge in [-0.05, 0) is 68.4 Å². The molecule has 14 heteroatoms. The number of fused-ring (bicyclic) bond motifs is 9. The molecule has 9 aliphatic heterocycles. The van der Waals surface area contributed by atoms with E-state index in [1.807, 2.05) is 0 Å². The average Bonchev–Trinajstić information content (AvgIpc) is 3.67. The molecular formula is C47H70O14. The van der Waals surface area contributed by atoms with Gasteiger partial charge in [0.05, 0.1) is 92.7 Å². The lowest BCUT2D eigenvalue weighted by atomic mass is 9.79. The van der Waals surface area contributed by atoms with Crippen molar-refractivity contribution in [3.05, 3.63) is 37.0 Å². The molecule has 9 rings (SSSR count). The number of methoxy groups -OCH3 is 1. The Morgan fingerprint density at radius 2 is 1.52 bits per heavy atom. The maximum Gasteiger partial charge on any atom is 0.308 e. The molecule has 0 saturated carbocycles. The highest BCUT2D eigenvalue weighted by atomic mass is 16.8. The Bertz CT molecular complexity index is 1620. The zero-order valence-corrected chi connectivity index (χ0v) is 36.6. The summed E-state index contributed by atoms with van der Waals surface area (Å²) in [5.74, 6) is -3.41. The van der Waals surface area contributed by atoms with Crippen molar-refractivity contribution < 1.29 is 67.1 Å². The van der Waals surface area contributed by atoms with Crippen molar-refractivity contribution in [2.75, 3.05) is 20.3 Å². The van der Waals surface area contributed by atoms with Crippen LogP contribution in [0.3, 0.4) is 0 Å². The number of aliphatic hydroxyl groups is 2. The van der Waals surface area contributed by atoms with E-state index < -0.39 is 54.2 Å². The number of carbonyl (C=O) groups excluding carboxylic acids is 1. The van der Waals surface area contributed by atoms with Crippen LogP contribution in [0, 0.1) is 17.8 Å². The van der Waals surface area contributed by atoms with Crippen LogP contribution in [0.15, 0.2) is 37.0 Å². The molecule has 0 aromatic heterocycles. The van der Waals surface area contributed by atoms with Crippen LogP contribution in [-0.2, 0) is 56.9 Å². The summed E-state index contributed by atoms with van der Waals surface area (Å²) in [5.41, 5.74) is 2.07. The van der Waals surface area contributed by atoms with E-state index in [2.05, 4.69) is 40.5 Å². The third-order valence-corrected chi connectivity index (χ3v) is 15.7. The number of carbonyl (C=O) groups is 1. The van der Waals surface area contributed by atoms with Crippen LogP contribution < -0.4 is 0 Å². The first-order valence-corrected chi connectivity index (χ1v) is 23.3. The van der Waals surface area contributed by atoms with E-state index in [1.165, 1.54) is 0 Å². The summed E-state index contributed by atoms with van der Waals surface area (Å²) in [5, 5.41) is 22.4. The number of rotatable bonds is 6. The maximum atomic E-state index is 14.2. The Kier molecular flexibility index (Phi) is 13.0. The second kappa shape index (κ2) is 17.9. The predicted octanol–water partition coefficient (Wildman–Crippen LogP) is 5.00. The molecule has 0 amide bonds. The van der Waals surface area contributed by atoms with Gasteiger partial charge in [-0.3, -0.25) is 4.79 Å². The Hall–Kier alpha value is -1.79. The van der Waals surface area contributed by atoms with E-state index in [4.69, 9.17) is 52.1 Å². The van der Waals surface area contributed by atoms with E-state index in [-0.39, 0.29) is 105 Å². The molecule has 0 aliphatic carbocycles. The lowest BCUT2D eigenvalue weighted by Gasteiger charge is -2.51. The quantitative estimate of drug-likeness (QED) is 0.272. The topological polar surface area (TPSA) is 159 Å². The third-order valence-electron chi connectivity index (χ3n) is 15.7. The highest BCUT2D eigenvalue weighted by Crippen LogP contribution is 2.54. The molecule has 9 aliphatic rings. The molecule has 10 bridgehead atoms. The van der Waals surface area contributed by atoms with Crippen molar-refractivity contribution in [3.63, 3.8) is 0 Å². The zero-order valence-electron chi connectivity index (χ0n) is 36.6. The van der Waals surface area contributed by atoms with Gasteiger partial charge >= 0.3 is 5.97 Å². The molecule has 2 N–H and O–H groups in total. The van der Waals surface area contributed by atoms with Crippen LogP contribution in [-0.4, -0.2) is 146 Å². The Balaban J connectivity index is 1.01. The van der Waals surface area contributed by atoms with Crippen molar-refractivity contribution in [3.8, 4) is 0 Å².